The fourth-order valence-electron chi connectivity index (χ4n) is 4.01. The molecule has 0 saturated carbocycles. The zero-order valence-corrected chi connectivity index (χ0v) is 18.8. The van der Waals surface area contributed by atoms with Gasteiger partial charge in [0, 0.05) is 45.7 Å². The molecule has 2 aliphatic rings. The molecule has 0 spiro atoms. The quantitative estimate of drug-likeness (QED) is 0.815. The first-order valence-electron chi connectivity index (χ1n) is 11.0. The molecule has 30 heavy (non-hydrogen) atoms. The molecule has 7 heteroatoms. The van der Waals surface area contributed by atoms with Crippen molar-refractivity contribution in [3.05, 3.63) is 24.3 Å². The van der Waals surface area contributed by atoms with Crippen molar-refractivity contribution < 1.29 is 14.3 Å². The predicted octanol–water partition coefficient (Wildman–Crippen LogP) is 3.41. The molecular formula is C23H36N4O3. The van der Waals surface area contributed by atoms with Gasteiger partial charge in [0.25, 0.3) is 0 Å². The molecule has 0 bridgehead atoms. The summed E-state index contributed by atoms with van der Waals surface area (Å²) in [6.07, 6.45) is 1.88. The van der Waals surface area contributed by atoms with Crippen LogP contribution in [0, 0.1) is 5.92 Å². The van der Waals surface area contributed by atoms with Crippen LogP contribution in [0.25, 0.3) is 0 Å². The van der Waals surface area contributed by atoms with E-state index in [1.54, 1.807) is 4.90 Å². The molecule has 2 aliphatic heterocycles. The first kappa shape index (κ1) is 22.4. The van der Waals surface area contributed by atoms with Crippen molar-refractivity contribution >= 4 is 23.4 Å². The van der Waals surface area contributed by atoms with Gasteiger partial charge in [0.2, 0.25) is 5.91 Å². The number of piperidine rings is 1. The number of rotatable bonds is 4. The number of likely N-dealkylation sites (tertiary alicyclic amines) is 1. The van der Waals surface area contributed by atoms with Crippen molar-refractivity contribution in [2.75, 3.05) is 56.5 Å². The van der Waals surface area contributed by atoms with Crippen LogP contribution in [0.2, 0.25) is 0 Å². The van der Waals surface area contributed by atoms with E-state index in [1.165, 1.54) is 0 Å². The maximum Gasteiger partial charge on any atom is 0.410 e. The molecule has 0 unspecified atom stereocenters. The van der Waals surface area contributed by atoms with Crippen LogP contribution in [0.15, 0.2) is 24.3 Å². The van der Waals surface area contributed by atoms with Crippen molar-refractivity contribution in [2.45, 2.75) is 45.6 Å². The summed E-state index contributed by atoms with van der Waals surface area (Å²) in [6, 6.07) is 8.06. The molecular weight excluding hydrogens is 380 g/mol. The summed E-state index contributed by atoms with van der Waals surface area (Å²) in [4.78, 5) is 31.4. The number of carbonyl (C=O) groups is 2. The second-order valence-electron chi connectivity index (χ2n) is 9.47. The largest absolute Gasteiger partial charge is 0.444 e. The Morgan fingerprint density at radius 3 is 2.30 bits per heavy atom. The Morgan fingerprint density at radius 2 is 1.67 bits per heavy atom. The van der Waals surface area contributed by atoms with Gasteiger partial charge in [-0.15, -0.1) is 0 Å². The molecule has 1 aromatic carbocycles. The number of carbonyl (C=O) groups excluding carboxylic acids is 2. The fourth-order valence-corrected chi connectivity index (χ4v) is 4.01. The van der Waals surface area contributed by atoms with Crippen LogP contribution >= 0.6 is 0 Å². The standard InChI is InChI=1S/C23H36N4O3/c1-23(2,3)30-22(29)27-11-9-18(10-12-27)17-21(28)24-19-7-5-6-8-20(19)26-15-13-25(4)14-16-26/h5-8,18H,9-17H2,1-4H3,(H,24,28). The number of para-hydroxylation sites is 2. The lowest BCUT2D eigenvalue weighted by Gasteiger charge is -2.35. The molecule has 0 aliphatic carbocycles. The summed E-state index contributed by atoms with van der Waals surface area (Å²) >= 11 is 0. The van der Waals surface area contributed by atoms with Crippen LogP contribution in [0.5, 0.6) is 0 Å². The normalized spacial score (nSPS) is 18.9. The molecule has 0 aromatic heterocycles. The summed E-state index contributed by atoms with van der Waals surface area (Å²) in [5.41, 5.74) is 1.50. The van der Waals surface area contributed by atoms with Crippen LogP contribution < -0.4 is 10.2 Å². The number of hydrogen-bond acceptors (Lipinski definition) is 5. The Bertz CT molecular complexity index is 730. The van der Waals surface area contributed by atoms with E-state index >= 15 is 0 Å². The third-order valence-corrected chi connectivity index (χ3v) is 5.76. The van der Waals surface area contributed by atoms with Gasteiger partial charge in [-0.3, -0.25) is 4.79 Å². The highest BCUT2D eigenvalue weighted by Crippen LogP contribution is 2.28. The Morgan fingerprint density at radius 1 is 1.03 bits per heavy atom. The van der Waals surface area contributed by atoms with Crippen molar-refractivity contribution in [1.82, 2.24) is 9.80 Å². The number of nitrogens with zero attached hydrogens (tertiary/aromatic N) is 3. The molecule has 166 valence electrons. The number of hydrogen-bond donors (Lipinski definition) is 1. The van der Waals surface area contributed by atoms with E-state index < -0.39 is 5.60 Å². The summed E-state index contributed by atoms with van der Waals surface area (Å²) < 4.78 is 5.45. The van der Waals surface area contributed by atoms with Gasteiger partial charge < -0.3 is 24.8 Å². The van der Waals surface area contributed by atoms with Gasteiger partial charge in [-0.25, -0.2) is 4.79 Å². The van der Waals surface area contributed by atoms with E-state index in [9.17, 15) is 9.59 Å². The molecule has 3 rings (SSSR count). The van der Waals surface area contributed by atoms with Gasteiger partial charge in [-0.1, -0.05) is 12.1 Å². The van der Waals surface area contributed by atoms with Crippen molar-refractivity contribution in [1.29, 1.82) is 0 Å². The van der Waals surface area contributed by atoms with Crippen LogP contribution in [0.4, 0.5) is 16.2 Å². The lowest BCUT2D eigenvalue weighted by molar-refractivity contribution is -0.117. The minimum Gasteiger partial charge on any atom is -0.444 e. The van der Waals surface area contributed by atoms with Crippen molar-refractivity contribution in [3.8, 4) is 0 Å². The highest BCUT2D eigenvalue weighted by atomic mass is 16.6. The van der Waals surface area contributed by atoms with E-state index in [0.29, 0.717) is 25.4 Å². The summed E-state index contributed by atoms with van der Waals surface area (Å²) in [5, 5.41) is 3.13. The number of amides is 2. The lowest BCUT2D eigenvalue weighted by atomic mass is 9.93. The van der Waals surface area contributed by atoms with E-state index in [0.717, 1.165) is 50.4 Å². The molecule has 2 fully saturated rings. The number of benzene rings is 1. The third kappa shape index (κ3) is 6.36. The van der Waals surface area contributed by atoms with Gasteiger partial charge in [-0.05, 0) is 58.7 Å². The molecule has 7 nitrogen and oxygen atoms in total. The average molecular weight is 417 g/mol. The summed E-state index contributed by atoms with van der Waals surface area (Å²) in [6.45, 7) is 10.9. The van der Waals surface area contributed by atoms with Crippen LogP contribution in [0.3, 0.4) is 0 Å². The van der Waals surface area contributed by atoms with Gasteiger partial charge >= 0.3 is 6.09 Å². The molecule has 2 amide bonds. The third-order valence-electron chi connectivity index (χ3n) is 5.76. The number of likely N-dealkylation sites (N-methyl/N-ethyl adjacent to an activating group) is 1. The zero-order chi connectivity index (χ0) is 21.7. The summed E-state index contributed by atoms with van der Waals surface area (Å²) in [7, 11) is 2.14. The molecule has 2 saturated heterocycles. The molecule has 1 aromatic rings. The Balaban J connectivity index is 1.50. The second-order valence-corrected chi connectivity index (χ2v) is 9.47. The Labute approximate surface area is 180 Å². The number of piperazine rings is 1. The highest BCUT2D eigenvalue weighted by molar-refractivity contribution is 5.94. The smallest absolute Gasteiger partial charge is 0.410 e. The minimum atomic E-state index is -0.481. The fraction of sp³-hybridized carbons (Fsp3) is 0.652. The average Bonchev–Trinajstić information content (AvgIpc) is 2.68. The zero-order valence-electron chi connectivity index (χ0n) is 18.8. The van der Waals surface area contributed by atoms with E-state index in [2.05, 4.69) is 28.2 Å². The van der Waals surface area contributed by atoms with E-state index in [1.807, 2.05) is 39.0 Å². The molecule has 0 atom stereocenters. The molecule has 2 heterocycles. The van der Waals surface area contributed by atoms with Gasteiger partial charge in [0.1, 0.15) is 5.60 Å². The maximum atomic E-state index is 12.7. The first-order chi connectivity index (χ1) is 14.2. The van der Waals surface area contributed by atoms with Crippen molar-refractivity contribution in [3.63, 3.8) is 0 Å². The number of nitrogens with one attached hydrogen (secondary N) is 1. The van der Waals surface area contributed by atoms with Gasteiger partial charge in [0.05, 0.1) is 11.4 Å². The van der Waals surface area contributed by atoms with E-state index in [-0.39, 0.29) is 12.0 Å². The maximum absolute atomic E-state index is 12.7. The lowest BCUT2D eigenvalue weighted by Crippen LogP contribution is -2.44. The Hall–Kier alpha value is -2.28. The minimum absolute atomic E-state index is 0.0484. The van der Waals surface area contributed by atoms with E-state index in [4.69, 9.17) is 4.74 Å². The van der Waals surface area contributed by atoms with Gasteiger partial charge in [0.15, 0.2) is 0 Å². The SMILES string of the molecule is CN1CCN(c2ccccc2NC(=O)CC2CCN(C(=O)OC(C)(C)C)CC2)CC1. The Kier molecular flexibility index (Phi) is 7.23. The molecule has 0 radical (unpaired) electrons. The first-order valence-corrected chi connectivity index (χ1v) is 11.0. The van der Waals surface area contributed by atoms with Crippen LogP contribution in [0.1, 0.15) is 40.0 Å². The predicted molar refractivity (Wildman–Crippen MR) is 120 cm³/mol. The highest BCUT2D eigenvalue weighted by Gasteiger charge is 2.28. The number of ether oxygens (including phenoxy) is 1. The monoisotopic (exact) mass is 416 g/mol. The van der Waals surface area contributed by atoms with Crippen molar-refractivity contribution in [2.24, 2.45) is 5.92 Å². The summed E-state index contributed by atoms with van der Waals surface area (Å²) in [5.74, 6) is 0.340. The van der Waals surface area contributed by atoms with Gasteiger partial charge in [-0.2, -0.15) is 0 Å². The topological polar surface area (TPSA) is 65.1 Å². The van der Waals surface area contributed by atoms with Crippen LogP contribution in [-0.4, -0.2) is 73.7 Å². The van der Waals surface area contributed by atoms with Crippen LogP contribution in [-0.2, 0) is 9.53 Å². The molecule has 1 N–H and O–H groups in total. The second kappa shape index (κ2) is 9.69. The number of anilines is 2.